The number of hydrogen-bond acceptors (Lipinski definition) is 2. The molecule has 0 saturated carbocycles. The molecule has 0 amide bonds. The molecule has 0 radical (unpaired) electrons. The molecule has 0 saturated heterocycles. The highest BCUT2D eigenvalue weighted by molar-refractivity contribution is 5.77. The highest BCUT2D eigenvalue weighted by atomic mass is 16.1. The normalized spacial score (nSPS) is 10.7. The van der Waals surface area contributed by atoms with E-state index in [4.69, 9.17) is 0 Å². The van der Waals surface area contributed by atoms with Crippen molar-refractivity contribution < 1.29 is 0 Å². The molecular weight excluding hydrogens is 176 g/mol. The maximum absolute atomic E-state index is 11.8. The third kappa shape index (κ3) is 1.31. The van der Waals surface area contributed by atoms with Gasteiger partial charge < -0.3 is 0 Å². The minimum atomic E-state index is 0.0428. The fourth-order valence-corrected chi connectivity index (χ4v) is 1.50. The van der Waals surface area contributed by atoms with E-state index in [9.17, 15) is 4.79 Å². The summed E-state index contributed by atoms with van der Waals surface area (Å²) < 4.78 is 1.61. The summed E-state index contributed by atoms with van der Waals surface area (Å²) in [5.41, 5.74) is 1.90. The van der Waals surface area contributed by atoms with Crippen LogP contribution in [0.1, 0.15) is 12.5 Å². The Kier molecular flexibility index (Phi) is 2.08. The predicted octanol–water partition coefficient (Wildman–Crippen LogP) is 1.72. The first-order chi connectivity index (χ1) is 6.72. The van der Waals surface area contributed by atoms with Crippen LogP contribution in [0.3, 0.4) is 0 Å². The van der Waals surface area contributed by atoms with Crippen molar-refractivity contribution in [2.45, 2.75) is 20.4 Å². The van der Waals surface area contributed by atoms with Crippen LogP contribution in [0.2, 0.25) is 0 Å². The van der Waals surface area contributed by atoms with E-state index in [1.54, 1.807) is 10.9 Å². The number of aryl methyl sites for hydroxylation is 2. The molecule has 1 aromatic heterocycles. The monoisotopic (exact) mass is 188 g/mol. The van der Waals surface area contributed by atoms with Gasteiger partial charge in [0.25, 0.3) is 5.56 Å². The van der Waals surface area contributed by atoms with E-state index in [1.165, 1.54) is 0 Å². The minimum Gasteiger partial charge on any atom is -0.299 e. The molecule has 0 aliphatic heterocycles. The molecule has 72 valence electrons. The molecule has 0 aliphatic carbocycles. The topological polar surface area (TPSA) is 34.9 Å². The van der Waals surface area contributed by atoms with Gasteiger partial charge in [0.2, 0.25) is 0 Å². The Morgan fingerprint density at radius 1 is 1.43 bits per heavy atom. The van der Waals surface area contributed by atoms with Crippen molar-refractivity contribution in [1.29, 1.82) is 0 Å². The third-order valence-corrected chi connectivity index (χ3v) is 2.32. The largest absolute Gasteiger partial charge is 0.299 e. The molecule has 0 spiro atoms. The summed E-state index contributed by atoms with van der Waals surface area (Å²) in [6.07, 6.45) is 1.60. The lowest BCUT2D eigenvalue weighted by atomic mass is 10.2. The quantitative estimate of drug-likeness (QED) is 0.683. The molecule has 3 heteroatoms. The van der Waals surface area contributed by atoms with Gasteiger partial charge in [-0.1, -0.05) is 11.6 Å². The third-order valence-electron chi connectivity index (χ3n) is 2.32. The first-order valence-corrected chi connectivity index (χ1v) is 4.68. The number of rotatable bonds is 1. The van der Waals surface area contributed by atoms with Crippen LogP contribution in [0.5, 0.6) is 0 Å². The van der Waals surface area contributed by atoms with E-state index in [0.717, 1.165) is 11.1 Å². The van der Waals surface area contributed by atoms with Crippen molar-refractivity contribution in [2.24, 2.45) is 0 Å². The molecule has 0 atom stereocenters. The lowest BCUT2D eigenvalue weighted by molar-refractivity contribution is 0.717. The van der Waals surface area contributed by atoms with E-state index in [1.807, 2.05) is 32.0 Å². The number of aromatic nitrogens is 2. The van der Waals surface area contributed by atoms with E-state index in [0.29, 0.717) is 11.9 Å². The summed E-state index contributed by atoms with van der Waals surface area (Å²) in [6, 6.07) is 5.73. The fourth-order valence-electron chi connectivity index (χ4n) is 1.50. The van der Waals surface area contributed by atoms with Gasteiger partial charge in [-0.05, 0) is 26.0 Å². The van der Waals surface area contributed by atoms with Crippen molar-refractivity contribution >= 4 is 10.9 Å². The van der Waals surface area contributed by atoms with Crippen LogP contribution in [0.25, 0.3) is 10.9 Å². The van der Waals surface area contributed by atoms with Crippen LogP contribution in [0, 0.1) is 6.92 Å². The smallest absolute Gasteiger partial charge is 0.261 e. The van der Waals surface area contributed by atoms with E-state index in [-0.39, 0.29) is 5.56 Å². The predicted molar refractivity (Wildman–Crippen MR) is 56.4 cm³/mol. The number of fused-ring (bicyclic) bond motifs is 1. The average Bonchev–Trinajstić information content (AvgIpc) is 2.20. The molecule has 1 aromatic carbocycles. The van der Waals surface area contributed by atoms with Gasteiger partial charge in [-0.25, -0.2) is 4.98 Å². The van der Waals surface area contributed by atoms with Crippen LogP contribution < -0.4 is 5.56 Å². The van der Waals surface area contributed by atoms with Crippen LogP contribution >= 0.6 is 0 Å². The highest BCUT2D eigenvalue weighted by Crippen LogP contribution is 2.08. The van der Waals surface area contributed by atoms with Crippen molar-refractivity contribution in [3.8, 4) is 0 Å². The Bertz CT molecular complexity index is 528. The van der Waals surface area contributed by atoms with E-state index >= 15 is 0 Å². The van der Waals surface area contributed by atoms with Crippen LogP contribution in [-0.4, -0.2) is 9.55 Å². The Morgan fingerprint density at radius 3 is 2.93 bits per heavy atom. The van der Waals surface area contributed by atoms with Gasteiger partial charge in [0.05, 0.1) is 17.2 Å². The zero-order valence-electron chi connectivity index (χ0n) is 8.32. The molecule has 2 rings (SSSR count). The summed E-state index contributed by atoms with van der Waals surface area (Å²) >= 11 is 0. The Balaban J connectivity index is 2.87. The van der Waals surface area contributed by atoms with Gasteiger partial charge >= 0.3 is 0 Å². The highest BCUT2D eigenvalue weighted by Gasteiger charge is 2.01. The van der Waals surface area contributed by atoms with Gasteiger partial charge in [-0.3, -0.25) is 9.36 Å². The molecular formula is C11H12N2O. The van der Waals surface area contributed by atoms with Crippen molar-refractivity contribution in [1.82, 2.24) is 9.55 Å². The van der Waals surface area contributed by atoms with E-state index in [2.05, 4.69) is 4.98 Å². The second-order valence-corrected chi connectivity index (χ2v) is 3.36. The molecule has 0 N–H and O–H groups in total. The zero-order chi connectivity index (χ0) is 10.1. The molecule has 1 heterocycles. The molecule has 0 aliphatic rings. The van der Waals surface area contributed by atoms with Gasteiger partial charge in [-0.15, -0.1) is 0 Å². The first-order valence-electron chi connectivity index (χ1n) is 4.68. The lowest BCUT2D eigenvalue weighted by Gasteiger charge is -2.03. The summed E-state index contributed by atoms with van der Waals surface area (Å²) in [4.78, 5) is 16.1. The SMILES string of the molecule is CCn1cnc2ccc(C)cc2c1=O. The summed E-state index contributed by atoms with van der Waals surface area (Å²) in [5.74, 6) is 0. The van der Waals surface area contributed by atoms with Crippen LogP contribution in [-0.2, 0) is 6.54 Å². The second kappa shape index (κ2) is 3.25. The van der Waals surface area contributed by atoms with Crippen molar-refractivity contribution in [3.63, 3.8) is 0 Å². The second-order valence-electron chi connectivity index (χ2n) is 3.36. The van der Waals surface area contributed by atoms with E-state index < -0.39 is 0 Å². The Morgan fingerprint density at radius 2 is 2.21 bits per heavy atom. The van der Waals surface area contributed by atoms with Crippen LogP contribution in [0.15, 0.2) is 29.3 Å². The lowest BCUT2D eigenvalue weighted by Crippen LogP contribution is -2.19. The zero-order valence-corrected chi connectivity index (χ0v) is 8.32. The van der Waals surface area contributed by atoms with Gasteiger partial charge in [0.15, 0.2) is 0 Å². The number of benzene rings is 1. The standard InChI is InChI=1S/C11H12N2O/c1-3-13-7-12-10-5-4-8(2)6-9(10)11(13)14/h4-7H,3H2,1-2H3. The Labute approximate surface area is 82.0 Å². The van der Waals surface area contributed by atoms with Crippen molar-refractivity contribution in [2.75, 3.05) is 0 Å². The summed E-state index contributed by atoms with van der Waals surface area (Å²) in [5, 5.41) is 0.703. The molecule has 2 aromatic rings. The fraction of sp³-hybridized carbons (Fsp3) is 0.273. The maximum atomic E-state index is 11.8. The Hall–Kier alpha value is -1.64. The number of hydrogen-bond donors (Lipinski definition) is 0. The van der Waals surface area contributed by atoms with Gasteiger partial charge in [-0.2, -0.15) is 0 Å². The molecule has 0 bridgehead atoms. The summed E-state index contributed by atoms with van der Waals surface area (Å²) in [7, 11) is 0. The van der Waals surface area contributed by atoms with Crippen LogP contribution in [0.4, 0.5) is 0 Å². The number of nitrogens with zero attached hydrogens (tertiary/aromatic N) is 2. The molecule has 3 nitrogen and oxygen atoms in total. The van der Waals surface area contributed by atoms with Gasteiger partial charge in [0.1, 0.15) is 0 Å². The minimum absolute atomic E-state index is 0.0428. The summed E-state index contributed by atoms with van der Waals surface area (Å²) in [6.45, 7) is 4.57. The van der Waals surface area contributed by atoms with Gasteiger partial charge in [0, 0.05) is 6.54 Å². The molecule has 14 heavy (non-hydrogen) atoms. The average molecular weight is 188 g/mol. The molecule has 0 fully saturated rings. The van der Waals surface area contributed by atoms with Crippen molar-refractivity contribution in [3.05, 3.63) is 40.4 Å². The first kappa shape index (κ1) is 8.94. The molecule has 0 unspecified atom stereocenters. The maximum Gasteiger partial charge on any atom is 0.261 e.